The highest BCUT2D eigenvalue weighted by Crippen LogP contribution is 2.19. The van der Waals surface area contributed by atoms with Crippen molar-refractivity contribution in [3.8, 4) is 0 Å². The van der Waals surface area contributed by atoms with Crippen LogP contribution in [0.25, 0.3) is 0 Å². The first kappa shape index (κ1) is 9.01. The number of nitrogens with zero attached hydrogens (tertiary/aromatic N) is 1. The Labute approximate surface area is 69.2 Å². The predicted octanol–water partition coefficient (Wildman–Crippen LogP) is 1.10. The van der Waals surface area contributed by atoms with Gasteiger partial charge in [-0.15, -0.1) is 0 Å². The van der Waals surface area contributed by atoms with E-state index in [-0.39, 0.29) is 0 Å². The van der Waals surface area contributed by atoms with Gasteiger partial charge in [-0.2, -0.15) is 0 Å². The summed E-state index contributed by atoms with van der Waals surface area (Å²) >= 11 is 0. The second-order valence-corrected chi connectivity index (χ2v) is 3.47. The Morgan fingerprint density at radius 3 is 3.00 bits per heavy atom. The number of aliphatic hydroxyl groups is 1. The molecule has 0 bridgehead atoms. The molecule has 0 saturated carbocycles. The topological polar surface area (TPSA) is 23.5 Å². The molecule has 1 aliphatic rings. The third-order valence-electron chi connectivity index (χ3n) is 2.48. The number of aliphatic hydroxyl groups excluding tert-OH is 1. The molecule has 1 atom stereocenters. The van der Waals surface area contributed by atoms with Gasteiger partial charge in [-0.05, 0) is 25.3 Å². The molecule has 1 saturated heterocycles. The Bertz CT molecular complexity index is 93.7. The molecule has 0 radical (unpaired) electrons. The summed E-state index contributed by atoms with van der Waals surface area (Å²) in [6, 6.07) is 0. The van der Waals surface area contributed by atoms with Crippen molar-refractivity contribution in [2.45, 2.75) is 26.2 Å². The van der Waals surface area contributed by atoms with Crippen LogP contribution >= 0.6 is 0 Å². The van der Waals surface area contributed by atoms with E-state index in [4.69, 9.17) is 5.11 Å². The average molecular weight is 157 g/mol. The number of hydrogen-bond donors (Lipinski definition) is 1. The summed E-state index contributed by atoms with van der Waals surface area (Å²) in [6.07, 6.45) is 4.01. The third kappa shape index (κ3) is 2.80. The first-order valence-electron chi connectivity index (χ1n) is 4.70. The minimum atomic E-state index is 0.318. The van der Waals surface area contributed by atoms with Crippen molar-refractivity contribution >= 4 is 0 Å². The second kappa shape index (κ2) is 4.73. The summed E-state index contributed by atoms with van der Waals surface area (Å²) in [5, 5.41) is 8.70. The Hall–Kier alpha value is -0.0800. The number of rotatable bonds is 4. The van der Waals surface area contributed by atoms with E-state index in [1.807, 2.05) is 0 Å². The van der Waals surface area contributed by atoms with E-state index in [0.717, 1.165) is 12.5 Å². The van der Waals surface area contributed by atoms with Gasteiger partial charge in [0.05, 0.1) is 6.61 Å². The van der Waals surface area contributed by atoms with Crippen LogP contribution in [0.5, 0.6) is 0 Å². The fourth-order valence-corrected chi connectivity index (χ4v) is 1.90. The van der Waals surface area contributed by atoms with Crippen molar-refractivity contribution in [3.05, 3.63) is 0 Å². The maximum Gasteiger partial charge on any atom is 0.0558 e. The van der Waals surface area contributed by atoms with Gasteiger partial charge in [-0.3, -0.25) is 0 Å². The smallest absolute Gasteiger partial charge is 0.0558 e. The van der Waals surface area contributed by atoms with Crippen molar-refractivity contribution < 1.29 is 5.11 Å². The molecule has 2 heteroatoms. The molecule has 66 valence electrons. The lowest BCUT2D eigenvalue weighted by Crippen LogP contribution is -2.24. The highest BCUT2D eigenvalue weighted by atomic mass is 16.3. The van der Waals surface area contributed by atoms with Crippen LogP contribution in [-0.4, -0.2) is 36.2 Å². The molecule has 0 aromatic carbocycles. The maximum absolute atomic E-state index is 8.70. The van der Waals surface area contributed by atoms with Crippen molar-refractivity contribution in [3.63, 3.8) is 0 Å². The van der Waals surface area contributed by atoms with Gasteiger partial charge < -0.3 is 10.0 Å². The molecular weight excluding hydrogens is 138 g/mol. The van der Waals surface area contributed by atoms with Gasteiger partial charge in [0, 0.05) is 13.1 Å². The van der Waals surface area contributed by atoms with Crippen LogP contribution < -0.4 is 0 Å². The standard InChI is InChI=1S/C9H19NO/c1-2-3-9-4-5-10(8-9)6-7-11/h9,11H,2-8H2,1H3. The fourth-order valence-electron chi connectivity index (χ4n) is 1.90. The van der Waals surface area contributed by atoms with E-state index in [2.05, 4.69) is 11.8 Å². The minimum Gasteiger partial charge on any atom is -0.395 e. The first-order valence-corrected chi connectivity index (χ1v) is 4.70. The molecule has 1 aliphatic heterocycles. The Morgan fingerprint density at radius 1 is 1.55 bits per heavy atom. The largest absolute Gasteiger partial charge is 0.395 e. The number of likely N-dealkylation sites (tertiary alicyclic amines) is 1. The second-order valence-electron chi connectivity index (χ2n) is 3.47. The molecule has 1 rings (SSSR count). The molecule has 1 heterocycles. The predicted molar refractivity (Wildman–Crippen MR) is 46.5 cm³/mol. The van der Waals surface area contributed by atoms with Crippen LogP contribution in [0.15, 0.2) is 0 Å². The molecule has 1 unspecified atom stereocenters. The van der Waals surface area contributed by atoms with Crippen LogP contribution in [0.4, 0.5) is 0 Å². The lowest BCUT2D eigenvalue weighted by molar-refractivity contribution is 0.216. The van der Waals surface area contributed by atoms with Crippen LogP contribution in [0.3, 0.4) is 0 Å². The quantitative estimate of drug-likeness (QED) is 0.660. The third-order valence-corrected chi connectivity index (χ3v) is 2.48. The summed E-state index contributed by atoms with van der Waals surface area (Å²) in [6.45, 7) is 5.85. The maximum atomic E-state index is 8.70. The SMILES string of the molecule is CCCC1CCN(CCO)C1. The summed E-state index contributed by atoms with van der Waals surface area (Å²) in [7, 11) is 0. The van der Waals surface area contributed by atoms with Crippen molar-refractivity contribution in [2.75, 3.05) is 26.2 Å². The number of β-amino-alcohol motifs (C(OH)–C–C–N with tert-alkyl or cyclic N) is 1. The van der Waals surface area contributed by atoms with Gasteiger partial charge in [0.15, 0.2) is 0 Å². The van der Waals surface area contributed by atoms with E-state index in [1.54, 1.807) is 0 Å². The molecule has 0 aromatic heterocycles. The zero-order chi connectivity index (χ0) is 8.10. The lowest BCUT2D eigenvalue weighted by atomic mass is 10.0. The number of hydrogen-bond acceptors (Lipinski definition) is 2. The van der Waals surface area contributed by atoms with E-state index < -0.39 is 0 Å². The van der Waals surface area contributed by atoms with Crippen LogP contribution in [-0.2, 0) is 0 Å². The van der Waals surface area contributed by atoms with Crippen molar-refractivity contribution in [1.29, 1.82) is 0 Å². The van der Waals surface area contributed by atoms with E-state index in [0.29, 0.717) is 6.61 Å². The zero-order valence-electron chi connectivity index (χ0n) is 7.42. The van der Waals surface area contributed by atoms with Gasteiger partial charge in [-0.1, -0.05) is 13.3 Å². The lowest BCUT2D eigenvalue weighted by Gasteiger charge is -2.13. The summed E-state index contributed by atoms with van der Waals surface area (Å²) in [5.74, 6) is 0.909. The fraction of sp³-hybridized carbons (Fsp3) is 1.00. The molecule has 0 spiro atoms. The molecule has 11 heavy (non-hydrogen) atoms. The van der Waals surface area contributed by atoms with Crippen LogP contribution in [0, 0.1) is 5.92 Å². The van der Waals surface area contributed by atoms with Gasteiger partial charge in [-0.25, -0.2) is 0 Å². The monoisotopic (exact) mass is 157 g/mol. The zero-order valence-corrected chi connectivity index (χ0v) is 7.42. The summed E-state index contributed by atoms with van der Waals surface area (Å²) in [5.41, 5.74) is 0. The Kier molecular flexibility index (Phi) is 3.87. The van der Waals surface area contributed by atoms with Crippen LogP contribution in [0.1, 0.15) is 26.2 Å². The van der Waals surface area contributed by atoms with E-state index in [9.17, 15) is 0 Å². The molecule has 0 amide bonds. The summed E-state index contributed by atoms with van der Waals surface area (Å²) < 4.78 is 0. The molecule has 1 fully saturated rings. The molecule has 1 N–H and O–H groups in total. The molecule has 2 nitrogen and oxygen atoms in total. The van der Waals surface area contributed by atoms with Gasteiger partial charge >= 0.3 is 0 Å². The minimum absolute atomic E-state index is 0.318. The van der Waals surface area contributed by atoms with Crippen molar-refractivity contribution in [1.82, 2.24) is 4.90 Å². The highest BCUT2D eigenvalue weighted by Gasteiger charge is 2.20. The highest BCUT2D eigenvalue weighted by molar-refractivity contribution is 4.74. The average Bonchev–Trinajstić information content (AvgIpc) is 2.38. The van der Waals surface area contributed by atoms with Gasteiger partial charge in [0.2, 0.25) is 0 Å². The molecule has 0 aliphatic carbocycles. The molecular formula is C9H19NO. The molecule has 0 aromatic rings. The Balaban J connectivity index is 2.12. The first-order chi connectivity index (χ1) is 5.36. The van der Waals surface area contributed by atoms with Gasteiger partial charge in [0.25, 0.3) is 0 Å². The van der Waals surface area contributed by atoms with Gasteiger partial charge in [0.1, 0.15) is 0 Å². The van der Waals surface area contributed by atoms with Crippen molar-refractivity contribution in [2.24, 2.45) is 5.92 Å². The van der Waals surface area contributed by atoms with E-state index in [1.165, 1.54) is 32.4 Å². The normalized spacial score (nSPS) is 26.2. The summed E-state index contributed by atoms with van der Waals surface area (Å²) in [4.78, 5) is 2.36. The van der Waals surface area contributed by atoms with E-state index >= 15 is 0 Å². The Morgan fingerprint density at radius 2 is 2.36 bits per heavy atom. The van der Waals surface area contributed by atoms with Crippen LogP contribution in [0.2, 0.25) is 0 Å².